The normalized spacial score (nSPS) is 18.0. The largest absolute Gasteiger partial charge is 0.463 e. The van der Waals surface area contributed by atoms with Gasteiger partial charge in [0.15, 0.2) is 0 Å². The highest BCUT2D eigenvalue weighted by Crippen LogP contribution is 2.24. The lowest BCUT2D eigenvalue weighted by Crippen LogP contribution is -2.42. The van der Waals surface area contributed by atoms with Gasteiger partial charge in [0.2, 0.25) is 0 Å². The second kappa shape index (κ2) is 13.5. The molecular formula is C22H31NO8. The number of rotatable bonds is 11. The van der Waals surface area contributed by atoms with Crippen LogP contribution < -0.4 is 0 Å². The molecule has 0 bridgehead atoms. The monoisotopic (exact) mass is 437 g/mol. The minimum Gasteiger partial charge on any atom is -0.463 e. The molecule has 9 heteroatoms. The van der Waals surface area contributed by atoms with Crippen LogP contribution in [0.4, 0.5) is 4.79 Å². The van der Waals surface area contributed by atoms with E-state index in [0.29, 0.717) is 6.42 Å². The molecule has 0 radical (unpaired) electrons. The van der Waals surface area contributed by atoms with Crippen molar-refractivity contribution in [1.29, 1.82) is 0 Å². The Kier molecular flexibility index (Phi) is 11.5. The number of carbonyl (C=O) groups is 3. The lowest BCUT2D eigenvalue weighted by molar-refractivity contribution is -0.150. The van der Waals surface area contributed by atoms with Crippen molar-refractivity contribution >= 4 is 18.0 Å². The highest BCUT2D eigenvalue weighted by molar-refractivity contribution is 5.71. The van der Waals surface area contributed by atoms with E-state index in [0.717, 1.165) is 0 Å². The van der Waals surface area contributed by atoms with Crippen LogP contribution in [0, 0.1) is 24.7 Å². The van der Waals surface area contributed by atoms with Gasteiger partial charge in [0.25, 0.3) is 0 Å². The molecule has 1 aliphatic heterocycles. The molecule has 2 atom stereocenters. The van der Waals surface area contributed by atoms with E-state index in [1.54, 1.807) is 20.8 Å². The number of hydrogen-bond donors (Lipinski definition) is 0. The average molecular weight is 437 g/mol. The molecule has 31 heavy (non-hydrogen) atoms. The number of carbonyl (C=O) groups excluding carboxylic acids is 3. The number of amides is 1. The van der Waals surface area contributed by atoms with Crippen LogP contribution in [-0.4, -0.2) is 80.3 Å². The van der Waals surface area contributed by atoms with Gasteiger partial charge in [0.1, 0.15) is 31.5 Å². The van der Waals surface area contributed by atoms with Crippen LogP contribution in [0.2, 0.25) is 0 Å². The number of terminal acetylenes is 2. The van der Waals surface area contributed by atoms with Crippen LogP contribution >= 0.6 is 0 Å². The Morgan fingerprint density at radius 2 is 1.58 bits per heavy atom. The summed E-state index contributed by atoms with van der Waals surface area (Å²) in [5, 5.41) is 0. The molecule has 1 heterocycles. The van der Waals surface area contributed by atoms with E-state index in [2.05, 4.69) is 11.8 Å². The average Bonchev–Trinajstić information content (AvgIpc) is 3.08. The Bertz CT molecular complexity index is 685. The zero-order valence-corrected chi connectivity index (χ0v) is 18.4. The maximum absolute atomic E-state index is 12.6. The lowest BCUT2D eigenvalue weighted by Gasteiger charge is -2.28. The molecule has 172 valence electrons. The summed E-state index contributed by atoms with van der Waals surface area (Å²) in [5.74, 6) is 3.67. The molecule has 1 rings (SSSR count). The summed E-state index contributed by atoms with van der Waals surface area (Å²) in [6, 6.07) is -0.485. The van der Waals surface area contributed by atoms with E-state index in [1.165, 1.54) is 4.90 Å². The zero-order chi connectivity index (χ0) is 23.3. The van der Waals surface area contributed by atoms with Gasteiger partial charge in [0.05, 0.1) is 38.6 Å². The summed E-state index contributed by atoms with van der Waals surface area (Å²) in [7, 11) is 0. The molecule has 0 aromatic carbocycles. The molecule has 1 saturated heterocycles. The minimum atomic E-state index is -0.699. The van der Waals surface area contributed by atoms with Gasteiger partial charge in [-0.25, -0.2) is 4.79 Å². The molecule has 0 saturated carbocycles. The molecule has 1 unspecified atom stereocenters. The third-order valence-electron chi connectivity index (χ3n) is 4.01. The van der Waals surface area contributed by atoms with E-state index in [4.69, 9.17) is 36.5 Å². The first-order valence-corrected chi connectivity index (χ1v) is 10.0. The van der Waals surface area contributed by atoms with Gasteiger partial charge in [0, 0.05) is 6.42 Å². The summed E-state index contributed by atoms with van der Waals surface area (Å²) >= 11 is 0. The van der Waals surface area contributed by atoms with Crippen LogP contribution in [0.15, 0.2) is 0 Å². The van der Waals surface area contributed by atoms with Crippen LogP contribution in [0.1, 0.15) is 40.0 Å². The van der Waals surface area contributed by atoms with E-state index in [1.807, 2.05) is 0 Å². The lowest BCUT2D eigenvalue weighted by atomic mass is 10.2. The predicted octanol–water partition coefficient (Wildman–Crippen LogP) is 1.53. The molecule has 0 aromatic heterocycles. The topological polar surface area (TPSA) is 101 Å². The van der Waals surface area contributed by atoms with E-state index >= 15 is 0 Å². The number of ether oxygens (including phenoxy) is 5. The van der Waals surface area contributed by atoms with Crippen molar-refractivity contribution in [2.45, 2.75) is 57.8 Å². The van der Waals surface area contributed by atoms with Crippen LogP contribution in [0.25, 0.3) is 0 Å². The summed E-state index contributed by atoms with van der Waals surface area (Å²) in [6.07, 6.45) is 9.43. The SMILES string of the molecule is C#CCOCCC(=O)OCC1C[C@@H](OC(=O)CCOCC#C)CN1C(=O)OC(C)(C)C. The molecule has 9 nitrogen and oxygen atoms in total. The van der Waals surface area contributed by atoms with E-state index < -0.39 is 35.8 Å². The van der Waals surface area contributed by atoms with Crippen molar-refractivity contribution in [3.8, 4) is 24.7 Å². The van der Waals surface area contributed by atoms with Gasteiger partial charge in [-0.1, -0.05) is 11.8 Å². The van der Waals surface area contributed by atoms with Gasteiger partial charge in [-0.2, -0.15) is 0 Å². The first kappa shape index (κ1) is 26.3. The van der Waals surface area contributed by atoms with Crippen LogP contribution in [-0.2, 0) is 33.3 Å². The second-order valence-electron chi connectivity index (χ2n) is 7.83. The van der Waals surface area contributed by atoms with Crippen LogP contribution in [0.5, 0.6) is 0 Å². The second-order valence-corrected chi connectivity index (χ2v) is 7.83. The Morgan fingerprint density at radius 3 is 2.13 bits per heavy atom. The Morgan fingerprint density at radius 1 is 1.00 bits per heavy atom. The molecule has 0 N–H and O–H groups in total. The van der Waals surface area contributed by atoms with E-state index in [9.17, 15) is 14.4 Å². The minimum absolute atomic E-state index is 0.0386. The summed E-state index contributed by atoms with van der Waals surface area (Å²) < 4.78 is 26.2. The van der Waals surface area contributed by atoms with Crippen molar-refractivity contribution in [2.24, 2.45) is 0 Å². The Labute approximate surface area is 183 Å². The molecule has 1 fully saturated rings. The first-order valence-electron chi connectivity index (χ1n) is 10.0. The predicted molar refractivity (Wildman–Crippen MR) is 111 cm³/mol. The van der Waals surface area contributed by atoms with Gasteiger partial charge in [-0.3, -0.25) is 14.5 Å². The fourth-order valence-electron chi connectivity index (χ4n) is 2.74. The number of hydrogen-bond acceptors (Lipinski definition) is 8. The highest BCUT2D eigenvalue weighted by Gasteiger charge is 2.40. The van der Waals surface area contributed by atoms with Gasteiger partial charge >= 0.3 is 18.0 Å². The molecule has 0 aliphatic carbocycles. The van der Waals surface area contributed by atoms with Crippen molar-refractivity contribution < 1.29 is 38.1 Å². The molecule has 1 amide bonds. The first-order chi connectivity index (χ1) is 14.7. The molecular weight excluding hydrogens is 406 g/mol. The quantitative estimate of drug-likeness (QED) is 0.208. The number of likely N-dealkylation sites (tertiary alicyclic amines) is 1. The third-order valence-corrected chi connectivity index (χ3v) is 4.01. The van der Waals surface area contributed by atoms with Crippen molar-refractivity contribution in [3.05, 3.63) is 0 Å². The van der Waals surface area contributed by atoms with Crippen molar-refractivity contribution in [1.82, 2.24) is 4.90 Å². The standard InChI is InChI=1S/C22H31NO8/c1-6-10-27-12-8-19(24)29-16-17-14-18(30-20(25)9-13-28-11-7-2)15-23(17)21(26)31-22(3,4)5/h1-2,17-18H,8-16H2,3-5H3/t17?,18-/m1/s1. The van der Waals surface area contributed by atoms with Gasteiger partial charge < -0.3 is 23.7 Å². The molecule has 0 spiro atoms. The number of esters is 2. The van der Waals surface area contributed by atoms with E-state index in [-0.39, 0.29) is 52.4 Å². The maximum Gasteiger partial charge on any atom is 0.410 e. The van der Waals surface area contributed by atoms with Gasteiger partial charge in [-0.15, -0.1) is 12.8 Å². The van der Waals surface area contributed by atoms with Crippen LogP contribution in [0.3, 0.4) is 0 Å². The fraction of sp³-hybridized carbons (Fsp3) is 0.682. The summed E-state index contributed by atoms with van der Waals surface area (Å²) in [6.45, 7) is 5.86. The Balaban J connectivity index is 2.61. The molecule has 1 aliphatic rings. The number of nitrogens with zero attached hydrogens (tertiary/aromatic N) is 1. The summed E-state index contributed by atoms with van der Waals surface area (Å²) in [5.41, 5.74) is -0.699. The van der Waals surface area contributed by atoms with Crippen molar-refractivity contribution in [3.63, 3.8) is 0 Å². The molecule has 0 aromatic rings. The maximum atomic E-state index is 12.6. The van der Waals surface area contributed by atoms with Crippen molar-refractivity contribution in [2.75, 3.05) is 39.6 Å². The third kappa shape index (κ3) is 11.3. The Hall–Kier alpha value is -2.75. The smallest absolute Gasteiger partial charge is 0.410 e. The van der Waals surface area contributed by atoms with Gasteiger partial charge in [-0.05, 0) is 20.8 Å². The fourth-order valence-corrected chi connectivity index (χ4v) is 2.74. The summed E-state index contributed by atoms with van der Waals surface area (Å²) in [4.78, 5) is 37.9. The highest BCUT2D eigenvalue weighted by atomic mass is 16.6. The zero-order valence-electron chi connectivity index (χ0n) is 18.4.